The number of hydrogen-bond donors (Lipinski definition) is 2. The summed E-state index contributed by atoms with van der Waals surface area (Å²) in [7, 11) is 1.64. The van der Waals surface area contributed by atoms with E-state index >= 15 is 0 Å². The van der Waals surface area contributed by atoms with Gasteiger partial charge in [0.15, 0.2) is 5.79 Å². The molecular weight excluding hydrogens is 797 g/mol. The molecule has 1 aliphatic heterocycles. The van der Waals surface area contributed by atoms with Crippen molar-refractivity contribution in [3.8, 4) is 16.9 Å². The van der Waals surface area contributed by atoms with Crippen LogP contribution in [0.3, 0.4) is 0 Å². The number of hydrogen-bond acceptors (Lipinski definition) is 9. The third kappa shape index (κ3) is 12.0. The van der Waals surface area contributed by atoms with Gasteiger partial charge in [0, 0.05) is 24.8 Å². The molecule has 0 radical (unpaired) electrons. The zero-order chi connectivity index (χ0) is 45.3. The van der Waals surface area contributed by atoms with E-state index in [0.29, 0.717) is 26.1 Å². The fourth-order valence-corrected chi connectivity index (χ4v) is 8.28. The highest BCUT2D eigenvalue weighted by atomic mass is 16.8. The predicted molar refractivity (Wildman–Crippen MR) is 243 cm³/mol. The number of alkyl carbamates (subject to hydrolysis) is 1. The van der Waals surface area contributed by atoms with Crippen molar-refractivity contribution in [3.63, 3.8) is 0 Å². The summed E-state index contributed by atoms with van der Waals surface area (Å²) < 4.78 is 36.2. The Hall–Kier alpha value is -5.49. The number of nitrogens with one attached hydrogen (secondary N) is 2. The SMILES string of the molecule is C=CC[C@H](OC(=O)[C@H](CC(C)C)NC(=O)C(C)(C)CNC(=O)OCC1c2ccccc2-c2ccccc21)[C@H](C)[C@H]1OC(C)(C)O[C@@H]1c1ccc(COCc2ccc(OC)cc2)cc1. The van der Waals surface area contributed by atoms with Crippen molar-refractivity contribution < 1.29 is 42.8 Å². The molecule has 0 aromatic heterocycles. The molecule has 5 atom stereocenters. The highest BCUT2D eigenvalue weighted by Crippen LogP contribution is 2.45. The standard InChI is InChI=1S/C52H64N2O9/c1-10-15-45(34(4)46-47(63-52(7,8)62-46)37-24-20-35(21-25-37)29-59-30-36-22-26-38(58-9)27-23-36)61-48(55)44(28-33(2)3)54-49(56)51(5,6)32-53-50(57)60-31-43-41-18-13-11-16-39(41)40-17-12-14-19-42(40)43/h10-14,16-27,33-34,43-47H,1,15,28-32H2,2-9H3,(H,53,57)(H,54,56)/t34-,44-,45-,46+,47+/m0/s1. The summed E-state index contributed by atoms with van der Waals surface area (Å²) in [5.74, 6) is -1.38. The van der Waals surface area contributed by atoms with Gasteiger partial charge in [-0.2, -0.15) is 0 Å². The lowest BCUT2D eigenvalue weighted by Crippen LogP contribution is -2.52. The molecule has 6 rings (SSSR count). The smallest absolute Gasteiger partial charge is 0.407 e. The van der Waals surface area contributed by atoms with Crippen LogP contribution in [0.25, 0.3) is 11.1 Å². The Balaban J connectivity index is 1.04. The van der Waals surface area contributed by atoms with Gasteiger partial charge in [-0.25, -0.2) is 9.59 Å². The summed E-state index contributed by atoms with van der Waals surface area (Å²) in [6, 6.07) is 31.2. The number of methoxy groups -OCH3 is 1. The molecule has 2 N–H and O–H groups in total. The van der Waals surface area contributed by atoms with E-state index in [-0.39, 0.29) is 30.9 Å². The van der Waals surface area contributed by atoms with Crippen molar-refractivity contribution in [1.82, 2.24) is 10.6 Å². The van der Waals surface area contributed by atoms with E-state index in [4.69, 9.17) is 28.4 Å². The number of amides is 2. The van der Waals surface area contributed by atoms with Gasteiger partial charge in [-0.3, -0.25) is 4.79 Å². The normalized spacial score (nSPS) is 18.1. The van der Waals surface area contributed by atoms with Crippen LogP contribution in [0.2, 0.25) is 0 Å². The predicted octanol–water partition coefficient (Wildman–Crippen LogP) is 9.82. The topological polar surface area (TPSA) is 131 Å². The summed E-state index contributed by atoms with van der Waals surface area (Å²) in [5.41, 5.74) is 6.42. The van der Waals surface area contributed by atoms with Gasteiger partial charge in [-0.1, -0.05) is 112 Å². The molecule has 4 aromatic rings. The van der Waals surface area contributed by atoms with Gasteiger partial charge >= 0.3 is 12.1 Å². The molecule has 0 spiro atoms. The minimum atomic E-state index is -1.08. The third-order valence-corrected chi connectivity index (χ3v) is 11.8. The van der Waals surface area contributed by atoms with Gasteiger partial charge in [0.25, 0.3) is 0 Å². The first kappa shape index (κ1) is 47.0. The Labute approximate surface area is 372 Å². The second kappa shape index (κ2) is 20.8. The van der Waals surface area contributed by atoms with Gasteiger partial charge in [-0.15, -0.1) is 6.58 Å². The van der Waals surface area contributed by atoms with Crippen LogP contribution in [0.4, 0.5) is 4.79 Å². The Kier molecular flexibility index (Phi) is 15.5. The zero-order valence-corrected chi connectivity index (χ0v) is 38.0. The molecular formula is C52H64N2O9. The first-order valence-corrected chi connectivity index (χ1v) is 22.0. The van der Waals surface area contributed by atoms with Crippen LogP contribution in [-0.2, 0) is 46.5 Å². The number of fused-ring (bicyclic) bond motifs is 3. The number of carbonyl (C=O) groups is 3. The van der Waals surface area contributed by atoms with E-state index in [1.54, 1.807) is 27.0 Å². The van der Waals surface area contributed by atoms with Gasteiger partial charge < -0.3 is 39.1 Å². The van der Waals surface area contributed by atoms with Crippen molar-refractivity contribution in [2.75, 3.05) is 20.3 Å². The summed E-state index contributed by atoms with van der Waals surface area (Å²) in [4.78, 5) is 40.9. The Bertz CT molecular complexity index is 2140. The quantitative estimate of drug-likeness (QED) is 0.0659. The first-order valence-electron chi connectivity index (χ1n) is 22.0. The highest BCUT2D eigenvalue weighted by molar-refractivity contribution is 5.88. The molecule has 0 saturated carbocycles. The van der Waals surface area contributed by atoms with E-state index in [1.807, 2.05) is 107 Å². The maximum absolute atomic E-state index is 14.1. The van der Waals surface area contributed by atoms with Crippen LogP contribution in [-0.4, -0.2) is 62.3 Å². The Morgan fingerprint density at radius 3 is 2.00 bits per heavy atom. The van der Waals surface area contributed by atoms with Crippen molar-refractivity contribution in [2.24, 2.45) is 17.3 Å². The fraction of sp³-hybridized carbons (Fsp3) is 0.442. The molecule has 1 heterocycles. The number of benzene rings is 4. The largest absolute Gasteiger partial charge is 0.497 e. The molecule has 2 amide bonds. The van der Waals surface area contributed by atoms with Crippen molar-refractivity contribution >= 4 is 18.0 Å². The molecule has 336 valence electrons. The highest BCUT2D eigenvalue weighted by Gasteiger charge is 2.47. The van der Waals surface area contributed by atoms with E-state index in [9.17, 15) is 14.4 Å². The Morgan fingerprint density at radius 1 is 0.841 bits per heavy atom. The minimum Gasteiger partial charge on any atom is -0.497 e. The fourth-order valence-electron chi connectivity index (χ4n) is 8.28. The summed E-state index contributed by atoms with van der Waals surface area (Å²) >= 11 is 0. The van der Waals surface area contributed by atoms with Gasteiger partial charge in [0.1, 0.15) is 30.6 Å². The average Bonchev–Trinajstić information content (AvgIpc) is 3.77. The number of carbonyl (C=O) groups excluding carboxylic acids is 3. The molecule has 63 heavy (non-hydrogen) atoms. The lowest BCUT2D eigenvalue weighted by Gasteiger charge is -2.32. The second-order valence-electron chi connectivity index (χ2n) is 18.2. The van der Waals surface area contributed by atoms with Crippen LogP contribution < -0.4 is 15.4 Å². The van der Waals surface area contributed by atoms with Crippen molar-refractivity contribution in [3.05, 3.63) is 138 Å². The number of esters is 1. The maximum Gasteiger partial charge on any atom is 0.407 e. The molecule has 1 aliphatic carbocycles. The van der Waals surface area contributed by atoms with Crippen LogP contribution in [0, 0.1) is 17.3 Å². The maximum atomic E-state index is 14.1. The molecule has 11 nitrogen and oxygen atoms in total. The Morgan fingerprint density at radius 2 is 1.43 bits per heavy atom. The van der Waals surface area contributed by atoms with Gasteiger partial charge in [-0.05, 0) is 91.1 Å². The first-order chi connectivity index (χ1) is 30.1. The number of rotatable bonds is 20. The lowest BCUT2D eigenvalue weighted by atomic mass is 9.89. The molecule has 11 heteroatoms. The van der Waals surface area contributed by atoms with Crippen molar-refractivity contribution in [2.45, 2.75) is 111 Å². The third-order valence-electron chi connectivity index (χ3n) is 11.8. The molecule has 2 aliphatic rings. The van der Waals surface area contributed by atoms with Gasteiger partial charge in [0.2, 0.25) is 5.91 Å². The molecule has 1 saturated heterocycles. The summed E-state index contributed by atoms with van der Waals surface area (Å²) in [6.45, 7) is 18.1. The molecule has 4 aromatic carbocycles. The monoisotopic (exact) mass is 860 g/mol. The molecule has 1 fully saturated rings. The van der Waals surface area contributed by atoms with E-state index in [2.05, 4.69) is 41.5 Å². The van der Waals surface area contributed by atoms with E-state index < -0.39 is 53.5 Å². The molecule has 0 bridgehead atoms. The summed E-state index contributed by atoms with van der Waals surface area (Å²) in [5, 5.41) is 5.72. The average molecular weight is 861 g/mol. The lowest BCUT2D eigenvalue weighted by molar-refractivity contribution is -0.165. The van der Waals surface area contributed by atoms with E-state index in [1.165, 1.54) is 0 Å². The van der Waals surface area contributed by atoms with E-state index in [0.717, 1.165) is 44.7 Å². The van der Waals surface area contributed by atoms with Crippen LogP contribution in [0.15, 0.2) is 110 Å². The molecule has 0 unspecified atom stereocenters. The second-order valence-corrected chi connectivity index (χ2v) is 18.2. The summed E-state index contributed by atoms with van der Waals surface area (Å²) in [6.07, 6.45) is 0.289. The van der Waals surface area contributed by atoms with Crippen molar-refractivity contribution in [1.29, 1.82) is 0 Å². The van der Waals surface area contributed by atoms with Crippen LogP contribution in [0.5, 0.6) is 5.75 Å². The zero-order valence-electron chi connectivity index (χ0n) is 38.0. The van der Waals surface area contributed by atoms with Crippen LogP contribution in [0.1, 0.15) is 101 Å². The van der Waals surface area contributed by atoms with Crippen LogP contribution >= 0.6 is 0 Å². The van der Waals surface area contributed by atoms with Gasteiger partial charge in [0.05, 0.1) is 31.8 Å². The number of ether oxygens (including phenoxy) is 6. The minimum absolute atomic E-state index is 0.0109.